The van der Waals surface area contributed by atoms with Crippen LogP contribution in [-0.2, 0) is 6.61 Å². The topological polar surface area (TPSA) is 72.6 Å². The summed E-state index contributed by atoms with van der Waals surface area (Å²) in [4.78, 5) is 10.1. The van der Waals surface area contributed by atoms with Crippen LogP contribution in [0.5, 0.6) is 11.5 Å². The molecular formula is C13H10FNO4. The van der Waals surface area contributed by atoms with E-state index >= 15 is 0 Å². The summed E-state index contributed by atoms with van der Waals surface area (Å²) in [5.74, 6) is -0.153. The lowest BCUT2D eigenvalue weighted by molar-refractivity contribution is -0.384. The Morgan fingerprint density at radius 2 is 2.00 bits per heavy atom. The molecule has 98 valence electrons. The van der Waals surface area contributed by atoms with Crippen molar-refractivity contribution in [3.63, 3.8) is 0 Å². The van der Waals surface area contributed by atoms with Crippen LogP contribution in [0.25, 0.3) is 0 Å². The molecule has 2 rings (SSSR count). The zero-order valence-electron chi connectivity index (χ0n) is 9.75. The summed E-state index contributed by atoms with van der Waals surface area (Å²) in [6.45, 7) is -0.316. The highest BCUT2D eigenvalue weighted by molar-refractivity contribution is 5.41. The highest BCUT2D eigenvalue weighted by Crippen LogP contribution is 2.26. The van der Waals surface area contributed by atoms with E-state index in [1.54, 1.807) is 0 Å². The fraction of sp³-hybridized carbons (Fsp3) is 0.0769. The Hall–Kier alpha value is -2.47. The minimum atomic E-state index is -0.549. The standard InChI is InChI=1S/C13H10FNO4/c14-10-4-9(8-16)5-13(6-10)19-12-3-1-2-11(7-12)15(17)18/h1-7,16H,8H2. The van der Waals surface area contributed by atoms with Crippen molar-refractivity contribution >= 4 is 5.69 Å². The zero-order chi connectivity index (χ0) is 13.8. The van der Waals surface area contributed by atoms with E-state index in [2.05, 4.69) is 0 Å². The van der Waals surface area contributed by atoms with Crippen LogP contribution in [0.4, 0.5) is 10.1 Å². The van der Waals surface area contributed by atoms with Crippen LogP contribution in [0, 0.1) is 15.9 Å². The normalized spacial score (nSPS) is 10.2. The van der Waals surface area contributed by atoms with Crippen molar-refractivity contribution in [2.75, 3.05) is 0 Å². The molecule has 0 bridgehead atoms. The number of nitro groups is 1. The first-order valence-electron chi connectivity index (χ1n) is 5.41. The first kappa shape index (κ1) is 13.0. The Kier molecular flexibility index (Phi) is 3.72. The second kappa shape index (κ2) is 5.45. The van der Waals surface area contributed by atoms with E-state index in [0.29, 0.717) is 5.56 Å². The van der Waals surface area contributed by atoms with Crippen molar-refractivity contribution < 1.29 is 19.2 Å². The zero-order valence-corrected chi connectivity index (χ0v) is 9.75. The third-order valence-electron chi connectivity index (χ3n) is 2.38. The van der Waals surface area contributed by atoms with Crippen LogP contribution in [0.1, 0.15) is 5.56 Å². The number of hydrogen-bond donors (Lipinski definition) is 1. The summed E-state index contributed by atoms with van der Waals surface area (Å²) in [6.07, 6.45) is 0. The number of rotatable bonds is 4. The predicted molar refractivity (Wildman–Crippen MR) is 65.5 cm³/mol. The average molecular weight is 263 g/mol. The van der Waals surface area contributed by atoms with Crippen LogP contribution in [0.3, 0.4) is 0 Å². The van der Waals surface area contributed by atoms with E-state index in [9.17, 15) is 14.5 Å². The van der Waals surface area contributed by atoms with E-state index in [-0.39, 0.29) is 23.8 Å². The lowest BCUT2D eigenvalue weighted by atomic mass is 10.2. The number of nitro benzene ring substituents is 1. The average Bonchev–Trinajstić information content (AvgIpc) is 2.38. The van der Waals surface area contributed by atoms with Gasteiger partial charge in [0.15, 0.2) is 0 Å². The molecule has 0 atom stereocenters. The molecule has 6 heteroatoms. The van der Waals surface area contributed by atoms with Gasteiger partial charge in [0.05, 0.1) is 17.6 Å². The molecule has 0 aliphatic heterocycles. The highest BCUT2D eigenvalue weighted by Gasteiger charge is 2.08. The van der Waals surface area contributed by atoms with Crippen molar-refractivity contribution in [2.24, 2.45) is 0 Å². The number of hydrogen-bond acceptors (Lipinski definition) is 4. The van der Waals surface area contributed by atoms with Gasteiger partial charge in [-0.15, -0.1) is 0 Å². The van der Waals surface area contributed by atoms with Crippen LogP contribution in [0.15, 0.2) is 42.5 Å². The molecule has 1 N–H and O–H groups in total. The summed E-state index contributed by atoms with van der Waals surface area (Å²) in [7, 11) is 0. The number of halogens is 1. The summed E-state index contributed by atoms with van der Waals surface area (Å²) in [5.41, 5.74) is 0.247. The van der Waals surface area contributed by atoms with Gasteiger partial charge in [-0.3, -0.25) is 10.1 Å². The smallest absolute Gasteiger partial charge is 0.273 e. The number of non-ortho nitro benzene ring substituents is 1. The van der Waals surface area contributed by atoms with Crippen molar-refractivity contribution in [2.45, 2.75) is 6.61 Å². The van der Waals surface area contributed by atoms with Crippen LogP contribution in [-0.4, -0.2) is 10.0 Å². The maximum absolute atomic E-state index is 13.2. The molecular weight excluding hydrogens is 253 g/mol. The molecule has 0 radical (unpaired) electrons. The molecule has 0 heterocycles. The van der Waals surface area contributed by atoms with Crippen LogP contribution < -0.4 is 4.74 Å². The minimum Gasteiger partial charge on any atom is -0.457 e. The fourth-order valence-corrected chi connectivity index (χ4v) is 1.57. The highest BCUT2D eigenvalue weighted by atomic mass is 19.1. The second-order valence-corrected chi connectivity index (χ2v) is 3.81. The number of ether oxygens (including phenoxy) is 1. The number of aliphatic hydroxyl groups excluding tert-OH is 1. The monoisotopic (exact) mass is 263 g/mol. The van der Waals surface area contributed by atoms with E-state index in [1.807, 2.05) is 0 Å². The van der Waals surface area contributed by atoms with Gasteiger partial charge < -0.3 is 9.84 Å². The van der Waals surface area contributed by atoms with Gasteiger partial charge in [-0.25, -0.2) is 4.39 Å². The molecule has 0 fully saturated rings. The van der Waals surface area contributed by atoms with Crippen LogP contribution >= 0.6 is 0 Å². The van der Waals surface area contributed by atoms with Gasteiger partial charge in [0, 0.05) is 12.1 Å². The van der Waals surface area contributed by atoms with Gasteiger partial charge in [0.2, 0.25) is 0 Å². The van der Waals surface area contributed by atoms with Crippen molar-refractivity contribution in [3.05, 3.63) is 64.0 Å². The van der Waals surface area contributed by atoms with Crippen molar-refractivity contribution in [1.82, 2.24) is 0 Å². The summed E-state index contributed by atoms with van der Waals surface area (Å²) < 4.78 is 18.6. The van der Waals surface area contributed by atoms with Gasteiger partial charge in [-0.05, 0) is 23.8 Å². The maximum atomic E-state index is 13.2. The van der Waals surface area contributed by atoms with Gasteiger partial charge in [0.25, 0.3) is 5.69 Å². The largest absolute Gasteiger partial charge is 0.457 e. The predicted octanol–water partition coefficient (Wildman–Crippen LogP) is 3.02. The molecule has 2 aromatic carbocycles. The SMILES string of the molecule is O=[N+]([O-])c1cccc(Oc2cc(F)cc(CO)c2)c1. The van der Waals surface area contributed by atoms with Gasteiger partial charge in [-0.2, -0.15) is 0 Å². The summed E-state index contributed by atoms with van der Waals surface area (Å²) in [5, 5.41) is 19.6. The third-order valence-corrected chi connectivity index (χ3v) is 2.38. The summed E-state index contributed by atoms with van der Waals surface area (Å²) >= 11 is 0. The van der Waals surface area contributed by atoms with E-state index < -0.39 is 10.7 Å². The number of aliphatic hydroxyl groups is 1. The Bertz CT molecular complexity index is 615. The molecule has 0 aromatic heterocycles. The minimum absolute atomic E-state index is 0.115. The molecule has 0 unspecified atom stereocenters. The fourth-order valence-electron chi connectivity index (χ4n) is 1.57. The number of benzene rings is 2. The molecule has 0 saturated carbocycles. The Morgan fingerprint density at radius 1 is 1.21 bits per heavy atom. The third kappa shape index (κ3) is 3.26. The van der Waals surface area contributed by atoms with E-state index in [4.69, 9.17) is 9.84 Å². The molecule has 19 heavy (non-hydrogen) atoms. The Morgan fingerprint density at radius 3 is 2.68 bits per heavy atom. The van der Waals surface area contributed by atoms with Crippen LogP contribution in [0.2, 0.25) is 0 Å². The molecule has 0 saturated heterocycles. The van der Waals surface area contributed by atoms with Crippen molar-refractivity contribution in [1.29, 1.82) is 0 Å². The first-order chi connectivity index (χ1) is 9.08. The molecule has 0 spiro atoms. The molecule has 2 aromatic rings. The van der Waals surface area contributed by atoms with Gasteiger partial charge in [-0.1, -0.05) is 6.07 Å². The Balaban J connectivity index is 2.28. The first-order valence-corrected chi connectivity index (χ1v) is 5.41. The summed E-state index contributed by atoms with van der Waals surface area (Å²) in [6, 6.07) is 9.34. The second-order valence-electron chi connectivity index (χ2n) is 3.81. The number of nitrogens with zero attached hydrogens (tertiary/aromatic N) is 1. The van der Waals surface area contributed by atoms with Crippen molar-refractivity contribution in [3.8, 4) is 11.5 Å². The van der Waals surface area contributed by atoms with E-state index in [1.165, 1.54) is 36.4 Å². The molecule has 5 nitrogen and oxygen atoms in total. The molecule has 0 aliphatic rings. The Labute approximate surface area is 108 Å². The maximum Gasteiger partial charge on any atom is 0.273 e. The van der Waals surface area contributed by atoms with E-state index in [0.717, 1.165) is 6.07 Å². The lowest BCUT2D eigenvalue weighted by Crippen LogP contribution is -1.92. The van der Waals surface area contributed by atoms with Gasteiger partial charge in [0.1, 0.15) is 17.3 Å². The molecule has 0 aliphatic carbocycles. The van der Waals surface area contributed by atoms with Gasteiger partial charge >= 0.3 is 0 Å². The quantitative estimate of drug-likeness (QED) is 0.679. The lowest BCUT2D eigenvalue weighted by Gasteiger charge is -2.07. The molecule has 0 amide bonds.